The van der Waals surface area contributed by atoms with Crippen molar-refractivity contribution in [2.45, 2.75) is 38.7 Å². The van der Waals surface area contributed by atoms with Crippen molar-refractivity contribution >= 4 is 27.3 Å². The van der Waals surface area contributed by atoms with Gasteiger partial charge in [0.15, 0.2) is 27.3 Å². The number of halogens is 5. The van der Waals surface area contributed by atoms with Crippen molar-refractivity contribution in [3.8, 4) is 22.7 Å². The molecule has 4 rings (SSSR count). The summed E-state index contributed by atoms with van der Waals surface area (Å²) < 4.78 is 66.0. The van der Waals surface area contributed by atoms with Crippen LogP contribution in [0.4, 0.5) is 17.6 Å². The first-order valence-electron chi connectivity index (χ1n) is 12.0. The fraction of sp³-hybridized carbons (Fsp3) is 0.231. The quantitative estimate of drug-likeness (QED) is 0.282. The first-order chi connectivity index (χ1) is 18.5. The molecule has 206 valence electrons. The third-order valence-electron chi connectivity index (χ3n) is 6.17. The zero-order valence-electron chi connectivity index (χ0n) is 22.4. The van der Waals surface area contributed by atoms with Gasteiger partial charge >= 0.3 is 0 Å². The average Bonchev–Trinajstić information content (AvgIpc) is 2.84. The molecule has 7 nitrogen and oxygen atoms in total. The van der Waals surface area contributed by atoms with Crippen LogP contribution in [0.5, 0.6) is 5.75 Å². The van der Waals surface area contributed by atoms with Crippen LogP contribution in [0, 0.1) is 37.1 Å². The zero-order valence-corrected chi connectivity index (χ0v) is 23.2. The Hall–Kier alpha value is -3.70. The molecule has 0 aromatic carbocycles. The van der Waals surface area contributed by atoms with Gasteiger partial charge in [-0.25, -0.2) is 17.6 Å². The number of hydrogen-bond donors (Lipinski definition) is 1. The number of aryl methyl sites for hydroxylation is 2. The Kier molecular flexibility index (Phi) is 7.59. The zero-order chi connectivity index (χ0) is 29.7. The molecule has 0 radical (unpaired) electrons. The van der Waals surface area contributed by atoms with Crippen LogP contribution in [0.2, 0.25) is 5.02 Å². The van der Waals surface area contributed by atoms with E-state index in [0.29, 0.717) is 6.07 Å². The molecule has 0 aliphatic carbocycles. The number of aliphatic hydroxyl groups is 1. The van der Waals surface area contributed by atoms with Crippen molar-refractivity contribution in [1.82, 2.24) is 19.5 Å². The Morgan fingerprint density at radius 2 is 1.68 bits per heavy atom. The van der Waals surface area contributed by atoms with Crippen molar-refractivity contribution in [3.05, 3.63) is 98.1 Å². The summed E-state index contributed by atoms with van der Waals surface area (Å²) >= 11 is 6.37. The molecular formula is C26H23B2ClF4N4O3. The number of ether oxygens (including phenoxy) is 1. The highest BCUT2D eigenvalue weighted by Crippen LogP contribution is 2.34. The standard InChI is InChI=1S/C26H23B2ClF4N4O3/c1-11-9-35-20(14-5-6-34-23(18(14)32)25(3,4)39)19(33)21(11)37-12(2)7-16(17(29)24(37)38)40-26(27,28)22-15(31)8-13(30)10-36-22/h5-10,39H,27-28H2,1-4H3. The maximum absolute atomic E-state index is 16.0. The predicted molar refractivity (Wildman–Crippen MR) is 146 cm³/mol. The predicted octanol–water partition coefficient (Wildman–Crippen LogP) is 3.20. The van der Waals surface area contributed by atoms with Gasteiger partial charge in [-0.15, -0.1) is 0 Å². The molecule has 0 saturated heterocycles. The maximum Gasteiger partial charge on any atom is 0.278 e. The van der Waals surface area contributed by atoms with Crippen LogP contribution in [0.3, 0.4) is 0 Å². The average molecular weight is 573 g/mol. The summed E-state index contributed by atoms with van der Waals surface area (Å²) in [6, 6.07) is 3.21. The molecule has 0 amide bonds. The minimum atomic E-state index is -1.65. The Morgan fingerprint density at radius 3 is 2.30 bits per heavy atom. The van der Waals surface area contributed by atoms with Crippen LogP contribution < -0.4 is 10.3 Å². The number of rotatable bonds is 6. The maximum atomic E-state index is 16.0. The van der Waals surface area contributed by atoms with Crippen LogP contribution >= 0.6 is 11.6 Å². The van der Waals surface area contributed by atoms with E-state index in [4.69, 9.17) is 16.3 Å². The number of pyridine rings is 4. The molecule has 1 N–H and O–H groups in total. The monoisotopic (exact) mass is 572 g/mol. The van der Waals surface area contributed by atoms with Crippen molar-refractivity contribution in [2.75, 3.05) is 0 Å². The van der Waals surface area contributed by atoms with Gasteiger partial charge in [0.2, 0.25) is 0 Å². The molecule has 4 heterocycles. The van der Waals surface area contributed by atoms with Crippen LogP contribution in [0.25, 0.3) is 16.9 Å². The van der Waals surface area contributed by atoms with E-state index < -0.39 is 50.5 Å². The molecule has 0 atom stereocenters. The molecule has 40 heavy (non-hydrogen) atoms. The fourth-order valence-electron chi connectivity index (χ4n) is 4.29. The summed E-state index contributed by atoms with van der Waals surface area (Å²) in [6.07, 6.45) is 3.32. The molecule has 0 saturated carbocycles. The van der Waals surface area contributed by atoms with Crippen molar-refractivity contribution in [1.29, 1.82) is 0 Å². The van der Waals surface area contributed by atoms with Gasteiger partial charge in [-0.3, -0.25) is 24.3 Å². The molecule has 4 aromatic heterocycles. The number of nitrogens with zero attached hydrogens (tertiary/aromatic N) is 4. The molecule has 14 heteroatoms. The molecule has 0 spiro atoms. The second-order valence-corrected chi connectivity index (χ2v) is 10.6. The third-order valence-corrected chi connectivity index (χ3v) is 6.52. The lowest BCUT2D eigenvalue weighted by Crippen LogP contribution is -2.37. The van der Waals surface area contributed by atoms with Gasteiger partial charge in [0.05, 0.1) is 17.3 Å². The van der Waals surface area contributed by atoms with Gasteiger partial charge in [0.25, 0.3) is 5.56 Å². The Labute approximate surface area is 233 Å². The highest BCUT2D eigenvalue weighted by Gasteiger charge is 2.31. The van der Waals surface area contributed by atoms with Gasteiger partial charge in [-0.1, -0.05) is 11.6 Å². The lowest BCUT2D eigenvalue weighted by Gasteiger charge is -2.28. The van der Waals surface area contributed by atoms with Crippen molar-refractivity contribution < 1.29 is 27.4 Å². The number of hydrogen-bond acceptors (Lipinski definition) is 6. The summed E-state index contributed by atoms with van der Waals surface area (Å²) in [5.41, 5.74) is -3.53. The van der Waals surface area contributed by atoms with E-state index in [-0.39, 0.29) is 39.6 Å². The molecule has 0 fully saturated rings. The molecule has 4 aromatic rings. The normalized spacial score (nSPS) is 12.1. The highest BCUT2D eigenvalue weighted by molar-refractivity contribution is 6.39. The first kappa shape index (κ1) is 29.3. The fourth-order valence-corrected chi connectivity index (χ4v) is 4.47. The van der Waals surface area contributed by atoms with Crippen molar-refractivity contribution in [3.63, 3.8) is 0 Å². The minimum Gasteiger partial charge on any atom is -0.498 e. The van der Waals surface area contributed by atoms with Gasteiger partial charge in [0.1, 0.15) is 45.1 Å². The Morgan fingerprint density at radius 1 is 1.00 bits per heavy atom. The molecule has 0 bridgehead atoms. The highest BCUT2D eigenvalue weighted by atomic mass is 35.5. The van der Waals surface area contributed by atoms with Gasteiger partial charge in [-0.05, 0) is 39.3 Å². The Balaban J connectivity index is 1.85. The summed E-state index contributed by atoms with van der Waals surface area (Å²) in [5.74, 6) is -3.95. The Bertz CT molecular complexity index is 1710. The van der Waals surface area contributed by atoms with E-state index in [0.717, 1.165) is 10.8 Å². The summed E-state index contributed by atoms with van der Waals surface area (Å²) in [4.78, 5) is 25.1. The van der Waals surface area contributed by atoms with Crippen molar-refractivity contribution in [2.24, 2.45) is 0 Å². The van der Waals surface area contributed by atoms with Crippen LogP contribution in [0.15, 0.2) is 41.6 Å². The second kappa shape index (κ2) is 10.4. The van der Waals surface area contributed by atoms with E-state index in [1.165, 1.54) is 67.9 Å². The van der Waals surface area contributed by atoms with E-state index >= 15 is 8.78 Å². The molecule has 0 aliphatic rings. The lowest BCUT2D eigenvalue weighted by molar-refractivity contribution is 0.0695. The first-order valence-corrected chi connectivity index (χ1v) is 12.4. The van der Waals surface area contributed by atoms with Crippen LogP contribution in [0.1, 0.15) is 36.5 Å². The largest absolute Gasteiger partial charge is 0.498 e. The third kappa shape index (κ3) is 5.23. The van der Waals surface area contributed by atoms with Crippen LogP contribution in [-0.4, -0.2) is 40.3 Å². The smallest absolute Gasteiger partial charge is 0.278 e. The topological polar surface area (TPSA) is 90.1 Å². The molecular weight excluding hydrogens is 549 g/mol. The molecule has 0 aliphatic heterocycles. The number of aromatic nitrogens is 4. The van der Waals surface area contributed by atoms with E-state index in [9.17, 15) is 18.7 Å². The van der Waals surface area contributed by atoms with E-state index in [1.807, 2.05) is 0 Å². The summed E-state index contributed by atoms with van der Waals surface area (Å²) in [7, 11) is 2.91. The van der Waals surface area contributed by atoms with E-state index in [2.05, 4.69) is 15.0 Å². The van der Waals surface area contributed by atoms with E-state index in [1.54, 1.807) is 0 Å². The summed E-state index contributed by atoms with van der Waals surface area (Å²) in [6.45, 7) is 5.68. The van der Waals surface area contributed by atoms with Gasteiger partial charge < -0.3 is 9.84 Å². The molecule has 0 unspecified atom stereocenters. The van der Waals surface area contributed by atoms with Crippen LogP contribution in [-0.2, 0) is 11.0 Å². The lowest BCUT2D eigenvalue weighted by atomic mass is 9.62. The summed E-state index contributed by atoms with van der Waals surface area (Å²) in [5, 5.41) is 8.34. The van der Waals surface area contributed by atoms with Gasteiger partial charge in [-0.2, -0.15) is 0 Å². The second-order valence-electron chi connectivity index (χ2n) is 10.2. The SMILES string of the molecule is BC(B)(Oc1cc(C)n(-c2c(C)cnc(-c3ccnc(C(C)(C)O)c3F)c2F)c(=O)c1Cl)c1ncc(F)cc1F. The minimum absolute atomic E-state index is 0.140. The van der Waals surface area contributed by atoms with Gasteiger partial charge in [0, 0.05) is 35.8 Å².